The van der Waals surface area contributed by atoms with Crippen molar-refractivity contribution in [1.29, 1.82) is 0 Å². The predicted octanol–water partition coefficient (Wildman–Crippen LogP) is 4.14. The number of rotatable bonds is 11. The smallest absolute Gasteiger partial charge is 0.325 e. The molecule has 0 atom stereocenters. The number of carbonyl (C=O) groups excluding carboxylic acids is 3. The van der Waals surface area contributed by atoms with Gasteiger partial charge in [-0.3, -0.25) is 24.2 Å². The lowest BCUT2D eigenvalue weighted by Crippen LogP contribution is -2.49. The van der Waals surface area contributed by atoms with Gasteiger partial charge in [0, 0.05) is 49.4 Å². The first-order valence-corrected chi connectivity index (χ1v) is 15.2. The summed E-state index contributed by atoms with van der Waals surface area (Å²) in [6.45, 7) is 3.13. The summed E-state index contributed by atoms with van der Waals surface area (Å²) < 4.78 is 23.2. The van der Waals surface area contributed by atoms with E-state index < -0.39 is 11.9 Å². The maximum atomic E-state index is 13.4. The standard InChI is InChI=1S/C33H46N4O7.3ClH/c1-34(2)21-28(39)43-30-25-14-12-23(20-27(38)37-18-16-36(17-19-37)24-10-8-7-9-11-24)13-15-26(25)31(33(42-6)32(30)41-5)44-29(40)22-35(3)4;;;/h7-11,23H,12-22H2,1-6H3;3*1H. The van der Waals surface area contributed by atoms with E-state index in [0.29, 0.717) is 45.2 Å². The van der Waals surface area contributed by atoms with Crippen molar-refractivity contribution in [3.8, 4) is 23.0 Å². The fraction of sp³-hybridized carbons (Fsp3) is 0.545. The summed E-state index contributed by atoms with van der Waals surface area (Å²) in [6, 6.07) is 10.3. The minimum Gasteiger partial charge on any atom is -0.490 e. The molecule has 1 saturated heterocycles. The number of hydrogen-bond acceptors (Lipinski definition) is 10. The average molecular weight is 720 g/mol. The van der Waals surface area contributed by atoms with Crippen molar-refractivity contribution in [1.82, 2.24) is 14.7 Å². The molecule has 0 bridgehead atoms. The van der Waals surface area contributed by atoms with E-state index in [9.17, 15) is 14.4 Å². The van der Waals surface area contributed by atoms with Gasteiger partial charge in [0.05, 0.1) is 27.3 Å². The average Bonchev–Trinajstić information content (AvgIpc) is 3.20. The number of nitrogens with zero attached hydrogens (tertiary/aromatic N) is 4. The van der Waals surface area contributed by atoms with Gasteiger partial charge in [0.1, 0.15) is 0 Å². The van der Waals surface area contributed by atoms with Crippen LogP contribution in [-0.4, -0.2) is 114 Å². The summed E-state index contributed by atoms with van der Waals surface area (Å²) in [5, 5.41) is 0. The topological polar surface area (TPSA) is 101 Å². The zero-order valence-electron chi connectivity index (χ0n) is 28.1. The summed E-state index contributed by atoms with van der Waals surface area (Å²) in [6.07, 6.45) is 2.90. The van der Waals surface area contributed by atoms with E-state index in [2.05, 4.69) is 17.0 Å². The number of ether oxygens (including phenoxy) is 4. The third-order valence-corrected chi connectivity index (χ3v) is 8.08. The number of benzene rings is 2. The van der Waals surface area contributed by atoms with Crippen molar-refractivity contribution >= 4 is 60.8 Å². The highest BCUT2D eigenvalue weighted by Crippen LogP contribution is 2.52. The minimum absolute atomic E-state index is 0. The second kappa shape index (κ2) is 19.8. The summed E-state index contributed by atoms with van der Waals surface area (Å²) in [5.41, 5.74) is 2.67. The molecule has 0 N–H and O–H groups in total. The minimum atomic E-state index is -0.444. The Hall–Kier alpha value is -2.96. The van der Waals surface area contributed by atoms with Crippen LogP contribution in [0, 0.1) is 5.92 Å². The molecular formula is C33H49Cl3N4O7. The van der Waals surface area contributed by atoms with Gasteiger partial charge in [-0.05, 0) is 71.9 Å². The zero-order chi connectivity index (χ0) is 31.8. The number of hydrogen-bond donors (Lipinski definition) is 0. The summed E-state index contributed by atoms with van der Waals surface area (Å²) in [5.74, 6) is 0.341. The van der Waals surface area contributed by atoms with E-state index in [0.717, 1.165) is 24.2 Å². The number of methoxy groups -OCH3 is 2. The highest BCUT2D eigenvalue weighted by molar-refractivity contribution is 5.86. The third kappa shape index (κ3) is 11.0. The number of carbonyl (C=O) groups is 3. The molecule has 1 aliphatic carbocycles. The summed E-state index contributed by atoms with van der Waals surface area (Å²) in [7, 11) is 10.1. The highest BCUT2D eigenvalue weighted by Gasteiger charge is 2.34. The first-order valence-electron chi connectivity index (χ1n) is 15.2. The maximum Gasteiger partial charge on any atom is 0.325 e. The van der Waals surface area contributed by atoms with Gasteiger partial charge < -0.3 is 28.7 Å². The highest BCUT2D eigenvalue weighted by atomic mass is 35.5. The molecule has 14 heteroatoms. The van der Waals surface area contributed by atoms with Crippen molar-refractivity contribution in [2.24, 2.45) is 5.92 Å². The van der Waals surface area contributed by atoms with E-state index in [1.807, 2.05) is 23.1 Å². The van der Waals surface area contributed by atoms with Crippen LogP contribution in [0.4, 0.5) is 5.69 Å². The molecule has 1 fully saturated rings. The van der Waals surface area contributed by atoms with Crippen LogP contribution in [0.5, 0.6) is 23.0 Å². The predicted molar refractivity (Wildman–Crippen MR) is 190 cm³/mol. The molecule has 0 unspecified atom stereocenters. The van der Waals surface area contributed by atoms with Crippen LogP contribution in [-0.2, 0) is 27.2 Å². The Balaban J connectivity index is 0.00000368. The molecule has 1 amide bonds. The van der Waals surface area contributed by atoms with Gasteiger partial charge >= 0.3 is 11.9 Å². The molecule has 0 saturated carbocycles. The zero-order valence-corrected chi connectivity index (χ0v) is 30.6. The maximum absolute atomic E-state index is 13.4. The van der Waals surface area contributed by atoms with Gasteiger partial charge in [-0.2, -0.15) is 0 Å². The molecule has 2 aromatic rings. The van der Waals surface area contributed by atoms with Gasteiger partial charge in [0.2, 0.25) is 17.4 Å². The fourth-order valence-electron chi connectivity index (χ4n) is 5.95. The summed E-state index contributed by atoms with van der Waals surface area (Å²) >= 11 is 0. The molecule has 0 spiro atoms. The van der Waals surface area contributed by atoms with Crippen LogP contribution in [0.15, 0.2) is 30.3 Å². The number of piperazine rings is 1. The SMILES string of the molecule is COc1c(OC(=O)CN(C)C)c2c(c(OC(=O)CN(C)C)c1OC)CCC(CC(=O)N1CCN(c3ccccc3)CC1)CC2.Cl.Cl.Cl. The van der Waals surface area contributed by atoms with E-state index in [1.165, 1.54) is 19.9 Å². The van der Waals surface area contributed by atoms with E-state index >= 15 is 0 Å². The molecule has 0 aromatic heterocycles. The van der Waals surface area contributed by atoms with Gasteiger partial charge in [0.15, 0.2) is 11.5 Å². The van der Waals surface area contributed by atoms with E-state index in [-0.39, 0.29) is 85.1 Å². The van der Waals surface area contributed by atoms with Crippen molar-refractivity contribution in [3.05, 3.63) is 41.5 Å². The molecule has 264 valence electrons. The van der Waals surface area contributed by atoms with Crippen LogP contribution in [0.2, 0.25) is 0 Å². The monoisotopic (exact) mass is 718 g/mol. The molecule has 1 aliphatic heterocycles. The van der Waals surface area contributed by atoms with Crippen LogP contribution in [0.3, 0.4) is 0 Å². The Bertz CT molecular complexity index is 1260. The van der Waals surface area contributed by atoms with E-state index in [1.54, 1.807) is 38.0 Å². The Kier molecular flexibility index (Phi) is 17.7. The number of anilines is 1. The summed E-state index contributed by atoms with van der Waals surface area (Å²) in [4.78, 5) is 46.9. The molecule has 1 heterocycles. The molecule has 2 aromatic carbocycles. The Morgan fingerprint density at radius 2 is 1.15 bits per heavy atom. The first-order chi connectivity index (χ1) is 21.1. The number of fused-ring (bicyclic) bond motifs is 1. The quantitative estimate of drug-likeness (QED) is 0.192. The number of amides is 1. The molecule has 11 nitrogen and oxygen atoms in total. The Morgan fingerprint density at radius 1 is 0.702 bits per heavy atom. The Morgan fingerprint density at radius 3 is 1.55 bits per heavy atom. The van der Waals surface area contributed by atoms with Crippen molar-refractivity contribution in [3.63, 3.8) is 0 Å². The normalized spacial score (nSPS) is 14.6. The van der Waals surface area contributed by atoms with Gasteiger partial charge in [-0.15, -0.1) is 37.2 Å². The molecular weight excluding hydrogens is 671 g/mol. The van der Waals surface area contributed by atoms with Crippen LogP contribution in [0.1, 0.15) is 30.4 Å². The van der Waals surface area contributed by atoms with Gasteiger partial charge in [-0.25, -0.2) is 0 Å². The third-order valence-electron chi connectivity index (χ3n) is 8.08. The molecule has 47 heavy (non-hydrogen) atoms. The van der Waals surface area contributed by atoms with Crippen LogP contribution >= 0.6 is 37.2 Å². The van der Waals surface area contributed by atoms with Crippen molar-refractivity contribution < 1.29 is 33.3 Å². The number of para-hydroxylation sites is 1. The lowest BCUT2D eigenvalue weighted by Gasteiger charge is -2.36. The molecule has 2 aliphatic rings. The number of esters is 2. The molecule has 0 radical (unpaired) electrons. The van der Waals surface area contributed by atoms with E-state index in [4.69, 9.17) is 18.9 Å². The Labute approximate surface area is 297 Å². The largest absolute Gasteiger partial charge is 0.490 e. The number of likely N-dealkylation sites (N-methyl/N-ethyl adjacent to an activating group) is 2. The van der Waals surface area contributed by atoms with Crippen molar-refractivity contribution in [2.45, 2.75) is 32.1 Å². The van der Waals surface area contributed by atoms with Crippen LogP contribution in [0.25, 0.3) is 0 Å². The number of halogens is 3. The van der Waals surface area contributed by atoms with Crippen molar-refractivity contribution in [2.75, 3.05) is 86.6 Å². The van der Waals surface area contributed by atoms with Gasteiger partial charge in [-0.1, -0.05) is 18.2 Å². The van der Waals surface area contributed by atoms with Crippen LogP contribution < -0.4 is 23.8 Å². The first kappa shape index (κ1) is 42.1. The lowest BCUT2D eigenvalue weighted by molar-refractivity contribution is -0.136. The lowest BCUT2D eigenvalue weighted by atomic mass is 9.95. The molecule has 4 rings (SSSR count). The fourth-order valence-corrected chi connectivity index (χ4v) is 5.95. The second-order valence-corrected chi connectivity index (χ2v) is 12.0. The van der Waals surface area contributed by atoms with Gasteiger partial charge in [0.25, 0.3) is 0 Å². The second-order valence-electron chi connectivity index (χ2n) is 12.0.